The van der Waals surface area contributed by atoms with Crippen LogP contribution >= 0.6 is 0 Å². The standard InChI is InChI=1S/C20H27N5O2/c1-14(2)25-17-8-4-3-7-16(17)22-19(25)15-6-5-10-23(12-15)13-18(26)24-11-9-21-20(24)27/h3-4,7-8,14-15H,5-6,9-13H2,1-2H3,(H,21,27)/t15-/m1/s1. The largest absolute Gasteiger partial charge is 0.336 e. The molecule has 2 aliphatic heterocycles. The first-order chi connectivity index (χ1) is 13.0. The number of fused-ring (bicyclic) bond motifs is 1. The van der Waals surface area contributed by atoms with E-state index in [1.54, 1.807) is 0 Å². The molecule has 27 heavy (non-hydrogen) atoms. The monoisotopic (exact) mass is 369 g/mol. The summed E-state index contributed by atoms with van der Waals surface area (Å²) in [4.78, 5) is 32.6. The van der Waals surface area contributed by atoms with Gasteiger partial charge in [0.25, 0.3) is 0 Å². The van der Waals surface area contributed by atoms with Crippen LogP contribution in [0, 0.1) is 0 Å². The molecule has 0 spiro atoms. The van der Waals surface area contributed by atoms with Crippen molar-refractivity contribution in [3.63, 3.8) is 0 Å². The maximum atomic E-state index is 12.5. The molecule has 3 amide bonds. The summed E-state index contributed by atoms with van der Waals surface area (Å²) in [7, 11) is 0. The number of urea groups is 1. The lowest BCUT2D eigenvalue weighted by molar-refractivity contribution is -0.129. The molecule has 3 heterocycles. The normalized spacial score (nSPS) is 21.2. The molecule has 7 nitrogen and oxygen atoms in total. The van der Waals surface area contributed by atoms with Gasteiger partial charge in [-0.1, -0.05) is 12.1 Å². The number of nitrogens with one attached hydrogen (secondary N) is 1. The maximum absolute atomic E-state index is 12.5. The molecular formula is C20H27N5O2. The van der Waals surface area contributed by atoms with Crippen LogP contribution in [0.4, 0.5) is 4.79 Å². The van der Waals surface area contributed by atoms with E-state index in [0.29, 0.717) is 31.6 Å². The third kappa shape index (κ3) is 3.43. The van der Waals surface area contributed by atoms with Crippen molar-refractivity contribution in [2.45, 2.75) is 38.6 Å². The third-order valence-electron chi connectivity index (χ3n) is 5.53. The van der Waals surface area contributed by atoms with E-state index in [4.69, 9.17) is 4.98 Å². The van der Waals surface area contributed by atoms with Gasteiger partial charge in [-0.2, -0.15) is 0 Å². The average molecular weight is 369 g/mol. The van der Waals surface area contributed by atoms with Gasteiger partial charge in [-0.05, 0) is 45.4 Å². The fourth-order valence-electron chi connectivity index (χ4n) is 4.29. The van der Waals surface area contributed by atoms with Crippen LogP contribution in [0.1, 0.15) is 44.5 Å². The zero-order valence-electron chi connectivity index (χ0n) is 16.0. The molecular weight excluding hydrogens is 342 g/mol. The van der Waals surface area contributed by atoms with Gasteiger partial charge in [0.1, 0.15) is 5.82 Å². The number of imide groups is 1. The zero-order valence-corrected chi connectivity index (χ0v) is 16.0. The van der Waals surface area contributed by atoms with E-state index in [0.717, 1.165) is 37.3 Å². The minimum atomic E-state index is -0.268. The van der Waals surface area contributed by atoms with Gasteiger partial charge < -0.3 is 9.88 Å². The quantitative estimate of drug-likeness (QED) is 0.898. The molecule has 0 aliphatic carbocycles. The summed E-state index contributed by atoms with van der Waals surface area (Å²) in [5.41, 5.74) is 2.20. The summed E-state index contributed by atoms with van der Waals surface area (Å²) < 4.78 is 2.33. The molecule has 7 heteroatoms. The van der Waals surface area contributed by atoms with Crippen molar-refractivity contribution in [2.24, 2.45) is 0 Å². The van der Waals surface area contributed by atoms with Crippen molar-refractivity contribution in [1.82, 2.24) is 24.7 Å². The Morgan fingerprint density at radius 2 is 2.11 bits per heavy atom. The molecule has 2 aromatic rings. The fourth-order valence-corrected chi connectivity index (χ4v) is 4.29. The van der Waals surface area contributed by atoms with Crippen LogP contribution in [0.25, 0.3) is 11.0 Å². The Labute approximate surface area is 159 Å². The van der Waals surface area contributed by atoms with Gasteiger partial charge in [-0.3, -0.25) is 14.6 Å². The van der Waals surface area contributed by atoms with Crippen LogP contribution in [0.15, 0.2) is 24.3 Å². The lowest BCUT2D eigenvalue weighted by Crippen LogP contribution is -2.45. The molecule has 2 fully saturated rings. The van der Waals surface area contributed by atoms with Gasteiger partial charge in [0, 0.05) is 31.6 Å². The topological polar surface area (TPSA) is 70.5 Å². The van der Waals surface area contributed by atoms with Crippen molar-refractivity contribution < 1.29 is 9.59 Å². The Kier molecular flexibility index (Phi) is 4.86. The van der Waals surface area contributed by atoms with Crippen molar-refractivity contribution >= 4 is 23.0 Å². The highest BCUT2D eigenvalue weighted by Crippen LogP contribution is 2.31. The molecule has 1 N–H and O–H groups in total. The van der Waals surface area contributed by atoms with Gasteiger partial charge in [0.05, 0.1) is 17.6 Å². The summed E-state index contributed by atoms with van der Waals surface area (Å²) >= 11 is 0. The van der Waals surface area contributed by atoms with E-state index in [9.17, 15) is 9.59 Å². The molecule has 144 valence electrons. The van der Waals surface area contributed by atoms with Gasteiger partial charge in [-0.15, -0.1) is 0 Å². The number of aromatic nitrogens is 2. The van der Waals surface area contributed by atoms with Crippen LogP contribution in [0.2, 0.25) is 0 Å². The highest BCUT2D eigenvalue weighted by atomic mass is 16.2. The SMILES string of the molecule is CC(C)n1c([C@@H]2CCCN(CC(=O)N3CCNC3=O)C2)nc2ccccc21. The molecule has 0 bridgehead atoms. The summed E-state index contributed by atoms with van der Waals surface area (Å²) in [5, 5.41) is 2.69. The highest BCUT2D eigenvalue weighted by Gasteiger charge is 2.31. The number of benzene rings is 1. The van der Waals surface area contributed by atoms with E-state index in [-0.39, 0.29) is 11.9 Å². The second-order valence-electron chi connectivity index (χ2n) is 7.77. The maximum Gasteiger partial charge on any atom is 0.324 e. The number of nitrogens with zero attached hydrogens (tertiary/aromatic N) is 4. The number of hydrogen-bond donors (Lipinski definition) is 1. The van der Waals surface area contributed by atoms with Crippen molar-refractivity contribution in [3.8, 4) is 0 Å². The van der Waals surface area contributed by atoms with E-state index in [1.165, 1.54) is 10.4 Å². The molecule has 1 aromatic heterocycles. The smallest absolute Gasteiger partial charge is 0.324 e. The Morgan fingerprint density at radius 3 is 2.85 bits per heavy atom. The number of piperidine rings is 1. The number of para-hydroxylation sites is 2. The van der Waals surface area contributed by atoms with Crippen LogP contribution in [-0.2, 0) is 4.79 Å². The first kappa shape index (κ1) is 18.0. The van der Waals surface area contributed by atoms with Crippen molar-refractivity contribution in [3.05, 3.63) is 30.1 Å². The van der Waals surface area contributed by atoms with E-state index >= 15 is 0 Å². The number of likely N-dealkylation sites (tertiary alicyclic amines) is 1. The number of rotatable bonds is 4. The van der Waals surface area contributed by atoms with Crippen LogP contribution in [-0.4, -0.2) is 64.0 Å². The van der Waals surface area contributed by atoms with E-state index < -0.39 is 0 Å². The zero-order chi connectivity index (χ0) is 19.0. The Morgan fingerprint density at radius 1 is 1.30 bits per heavy atom. The summed E-state index contributed by atoms with van der Waals surface area (Å²) in [6.45, 7) is 7.38. The highest BCUT2D eigenvalue weighted by molar-refractivity contribution is 5.96. The third-order valence-corrected chi connectivity index (χ3v) is 5.53. The number of imidazole rings is 1. The first-order valence-corrected chi connectivity index (χ1v) is 9.82. The number of carbonyl (C=O) groups is 2. The molecule has 0 saturated carbocycles. The molecule has 0 unspecified atom stereocenters. The molecule has 0 radical (unpaired) electrons. The Hall–Kier alpha value is -2.41. The van der Waals surface area contributed by atoms with Crippen molar-refractivity contribution in [2.75, 3.05) is 32.7 Å². The molecule has 2 aliphatic rings. The second-order valence-corrected chi connectivity index (χ2v) is 7.77. The average Bonchev–Trinajstić information content (AvgIpc) is 3.25. The fraction of sp³-hybridized carbons (Fsp3) is 0.550. The minimum absolute atomic E-state index is 0.108. The molecule has 1 aromatic carbocycles. The number of carbonyl (C=O) groups excluding carboxylic acids is 2. The lowest BCUT2D eigenvalue weighted by atomic mass is 9.96. The molecule has 1 atom stereocenters. The lowest BCUT2D eigenvalue weighted by Gasteiger charge is -2.33. The van der Waals surface area contributed by atoms with Gasteiger partial charge in [0.2, 0.25) is 5.91 Å². The van der Waals surface area contributed by atoms with Gasteiger partial charge in [0.15, 0.2) is 0 Å². The van der Waals surface area contributed by atoms with Gasteiger partial charge >= 0.3 is 6.03 Å². The first-order valence-electron chi connectivity index (χ1n) is 9.82. The van der Waals surface area contributed by atoms with E-state index in [2.05, 4.69) is 46.8 Å². The number of hydrogen-bond acceptors (Lipinski definition) is 4. The predicted octanol–water partition coefficient (Wildman–Crippen LogP) is 2.35. The predicted molar refractivity (Wildman–Crippen MR) is 104 cm³/mol. The Bertz CT molecular complexity index is 859. The molecule has 4 rings (SSSR count). The van der Waals surface area contributed by atoms with Crippen molar-refractivity contribution in [1.29, 1.82) is 0 Å². The van der Waals surface area contributed by atoms with Crippen LogP contribution in [0.5, 0.6) is 0 Å². The van der Waals surface area contributed by atoms with Crippen LogP contribution < -0.4 is 5.32 Å². The summed E-state index contributed by atoms with van der Waals surface area (Å²) in [5.74, 6) is 1.30. The van der Waals surface area contributed by atoms with Gasteiger partial charge in [-0.25, -0.2) is 9.78 Å². The minimum Gasteiger partial charge on any atom is -0.336 e. The number of amides is 3. The summed E-state index contributed by atoms with van der Waals surface area (Å²) in [6.07, 6.45) is 2.11. The Balaban J connectivity index is 1.53. The second kappa shape index (κ2) is 7.31. The van der Waals surface area contributed by atoms with Crippen LogP contribution in [0.3, 0.4) is 0 Å². The van der Waals surface area contributed by atoms with E-state index in [1.807, 2.05) is 6.07 Å². The summed E-state index contributed by atoms with van der Waals surface area (Å²) in [6, 6.07) is 8.33. The molecule has 2 saturated heterocycles.